The second kappa shape index (κ2) is 7.66. The molecule has 2 heterocycles. The Hall–Kier alpha value is -2.40. The van der Waals surface area contributed by atoms with Gasteiger partial charge in [0.2, 0.25) is 0 Å². The molecule has 5 heteroatoms. The number of aryl methyl sites for hydroxylation is 2. The van der Waals surface area contributed by atoms with Gasteiger partial charge >= 0.3 is 6.03 Å². The number of hydrogen-bond donors (Lipinski definition) is 1. The molecule has 2 aromatic rings. The normalized spacial score (nSPS) is 20.4. The van der Waals surface area contributed by atoms with Gasteiger partial charge in [-0.3, -0.25) is 4.98 Å². The van der Waals surface area contributed by atoms with Crippen molar-refractivity contribution in [2.45, 2.75) is 39.5 Å². The summed E-state index contributed by atoms with van der Waals surface area (Å²) in [5.41, 5.74) is 4.50. The number of morpholine rings is 1. The number of pyridine rings is 1. The SMILES string of the molecule is Cc1cnccc1CNC(=O)N1C[C@H](c2ccccc2C)OC[C@@H]1C. The van der Waals surface area contributed by atoms with Crippen LogP contribution in [0, 0.1) is 13.8 Å². The van der Waals surface area contributed by atoms with Gasteiger partial charge in [-0.25, -0.2) is 4.79 Å². The summed E-state index contributed by atoms with van der Waals surface area (Å²) >= 11 is 0. The summed E-state index contributed by atoms with van der Waals surface area (Å²) in [7, 11) is 0. The molecular formula is C20H25N3O2. The first kappa shape index (κ1) is 17.4. The molecule has 1 aliphatic heterocycles. The first-order chi connectivity index (χ1) is 12.1. The van der Waals surface area contributed by atoms with Gasteiger partial charge < -0.3 is 15.0 Å². The molecule has 132 valence electrons. The summed E-state index contributed by atoms with van der Waals surface area (Å²) in [6.45, 7) is 7.71. The van der Waals surface area contributed by atoms with E-state index < -0.39 is 0 Å². The zero-order valence-corrected chi connectivity index (χ0v) is 15.0. The van der Waals surface area contributed by atoms with Crippen LogP contribution in [-0.4, -0.2) is 35.1 Å². The van der Waals surface area contributed by atoms with Gasteiger partial charge in [-0.15, -0.1) is 0 Å². The highest BCUT2D eigenvalue weighted by molar-refractivity contribution is 5.74. The lowest BCUT2D eigenvalue weighted by molar-refractivity contribution is -0.0430. The lowest BCUT2D eigenvalue weighted by atomic mass is 10.0. The molecule has 1 fully saturated rings. The molecule has 0 bridgehead atoms. The summed E-state index contributed by atoms with van der Waals surface area (Å²) in [4.78, 5) is 18.7. The van der Waals surface area contributed by atoms with E-state index in [2.05, 4.69) is 29.4 Å². The van der Waals surface area contributed by atoms with Crippen LogP contribution in [0.15, 0.2) is 42.7 Å². The second-order valence-corrected chi connectivity index (χ2v) is 6.64. The van der Waals surface area contributed by atoms with Gasteiger partial charge in [-0.05, 0) is 49.1 Å². The lowest BCUT2D eigenvalue weighted by Gasteiger charge is -2.38. The van der Waals surface area contributed by atoms with Crippen molar-refractivity contribution in [2.24, 2.45) is 0 Å². The first-order valence-corrected chi connectivity index (χ1v) is 8.67. The highest BCUT2D eigenvalue weighted by Crippen LogP contribution is 2.27. The van der Waals surface area contributed by atoms with Gasteiger partial charge in [0.25, 0.3) is 0 Å². The number of urea groups is 1. The summed E-state index contributed by atoms with van der Waals surface area (Å²) < 4.78 is 5.99. The number of aromatic nitrogens is 1. The van der Waals surface area contributed by atoms with E-state index in [1.165, 1.54) is 5.56 Å². The predicted octanol–water partition coefficient (Wildman–Crippen LogP) is 3.37. The zero-order valence-electron chi connectivity index (χ0n) is 15.0. The summed E-state index contributed by atoms with van der Waals surface area (Å²) in [6, 6.07) is 10.1. The number of benzene rings is 1. The summed E-state index contributed by atoms with van der Waals surface area (Å²) in [6.07, 6.45) is 3.48. The number of carbonyl (C=O) groups is 1. The largest absolute Gasteiger partial charge is 0.370 e. The maximum atomic E-state index is 12.7. The zero-order chi connectivity index (χ0) is 17.8. The topological polar surface area (TPSA) is 54.5 Å². The van der Waals surface area contributed by atoms with Crippen LogP contribution in [0.2, 0.25) is 0 Å². The van der Waals surface area contributed by atoms with E-state index in [9.17, 15) is 4.79 Å². The molecule has 3 rings (SSSR count). The molecule has 2 atom stereocenters. The maximum absolute atomic E-state index is 12.7. The Labute approximate surface area is 149 Å². The van der Waals surface area contributed by atoms with Crippen molar-refractivity contribution >= 4 is 6.03 Å². The Morgan fingerprint density at radius 2 is 2.08 bits per heavy atom. The average molecular weight is 339 g/mol. The van der Waals surface area contributed by atoms with Crippen molar-refractivity contribution in [1.29, 1.82) is 0 Å². The summed E-state index contributed by atoms with van der Waals surface area (Å²) in [5, 5.41) is 3.03. The van der Waals surface area contributed by atoms with Crippen molar-refractivity contribution in [1.82, 2.24) is 15.2 Å². The number of nitrogens with one attached hydrogen (secondary N) is 1. The van der Waals surface area contributed by atoms with E-state index in [-0.39, 0.29) is 18.2 Å². The fourth-order valence-electron chi connectivity index (χ4n) is 3.15. The van der Waals surface area contributed by atoms with Crippen LogP contribution < -0.4 is 5.32 Å². The van der Waals surface area contributed by atoms with Gasteiger partial charge in [-0.2, -0.15) is 0 Å². The van der Waals surface area contributed by atoms with Crippen LogP contribution in [0.4, 0.5) is 4.79 Å². The van der Waals surface area contributed by atoms with Gasteiger partial charge in [0.15, 0.2) is 0 Å². The fraction of sp³-hybridized carbons (Fsp3) is 0.400. The van der Waals surface area contributed by atoms with Crippen molar-refractivity contribution in [3.8, 4) is 0 Å². The molecule has 1 N–H and O–H groups in total. The molecule has 0 spiro atoms. The molecule has 2 amide bonds. The average Bonchev–Trinajstić information content (AvgIpc) is 2.62. The Morgan fingerprint density at radius 1 is 1.28 bits per heavy atom. The maximum Gasteiger partial charge on any atom is 0.318 e. The number of nitrogens with zero attached hydrogens (tertiary/aromatic N) is 2. The summed E-state index contributed by atoms with van der Waals surface area (Å²) in [5.74, 6) is 0. The van der Waals surface area contributed by atoms with Gasteiger partial charge in [0.05, 0.1) is 19.2 Å². The van der Waals surface area contributed by atoms with Gasteiger partial charge in [0.1, 0.15) is 6.10 Å². The van der Waals surface area contributed by atoms with E-state index in [4.69, 9.17) is 4.74 Å². The third-order valence-corrected chi connectivity index (χ3v) is 4.80. The van der Waals surface area contributed by atoms with E-state index in [0.29, 0.717) is 19.7 Å². The Morgan fingerprint density at radius 3 is 2.84 bits per heavy atom. The van der Waals surface area contributed by atoms with Crippen molar-refractivity contribution in [3.05, 3.63) is 65.0 Å². The number of carbonyl (C=O) groups excluding carboxylic acids is 1. The fourth-order valence-corrected chi connectivity index (χ4v) is 3.15. The van der Waals surface area contributed by atoms with E-state index in [1.807, 2.05) is 43.1 Å². The molecule has 0 unspecified atom stereocenters. The third-order valence-electron chi connectivity index (χ3n) is 4.80. The minimum atomic E-state index is -0.0780. The molecule has 0 aliphatic carbocycles. The minimum Gasteiger partial charge on any atom is -0.370 e. The second-order valence-electron chi connectivity index (χ2n) is 6.64. The van der Waals surface area contributed by atoms with Crippen LogP contribution in [-0.2, 0) is 11.3 Å². The monoisotopic (exact) mass is 339 g/mol. The van der Waals surface area contributed by atoms with E-state index >= 15 is 0 Å². The number of amides is 2. The minimum absolute atomic E-state index is 0.0504. The predicted molar refractivity (Wildman–Crippen MR) is 97.2 cm³/mol. The van der Waals surface area contributed by atoms with Crippen LogP contribution in [0.5, 0.6) is 0 Å². The number of ether oxygens (including phenoxy) is 1. The van der Waals surface area contributed by atoms with Crippen molar-refractivity contribution < 1.29 is 9.53 Å². The van der Waals surface area contributed by atoms with E-state index in [0.717, 1.165) is 16.7 Å². The van der Waals surface area contributed by atoms with Crippen LogP contribution in [0.1, 0.15) is 35.3 Å². The molecule has 0 radical (unpaired) electrons. The molecular weight excluding hydrogens is 314 g/mol. The smallest absolute Gasteiger partial charge is 0.318 e. The molecule has 1 aromatic heterocycles. The number of rotatable bonds is 3. The standard InChI is InChI=1S/C20H25N3O2/c1-14-6-4-5-7-18(14)19-12-23(16(3)13-25-19)20(24)22-11-17-8-9-21-10-15(17)2/h4-10,16,19H,11-13H2,1-3H3,(H,22,24)/t16-,19+/m0/s1. The highest BCUT2D eigenvalue weighted by atomic mass is 16.5. The molecule has 1 saturated heterocycles. The van der Waals surface area contributed by atoms with Gasteiger partial charge in [-0.1, -0.05) is 24.3 Å². The van der Waals surface area contributed by atoms with Crippen LogP contribution in [0.25, 0.3) is 0 Å². The van der Waals surface area contributed by atoms with Gasteiger partial charge in [0, 0.05) is 18.9 Å². The molecule has 25 heavy (non-hydrogen) atoms. The third kappa shape index (κ3) is 3.99. The molecule has 0 saturated carbocycles. The quantitative estimate of drug-likeness (QED) is 0.933. The highest BCUT2D eigenvalue weighted by Gasteiger charge is 2.31. The molecule has 5 nitrogen and oxygen atoms in total. The molecule has 1 aliphatic rings. The Balaban J connectivity index is 1.66. The Bertz CT molecular complexity index is 747. The van der Waals surface area contributed by atoms with Crippen molar-refractivity contribution in [2.75, 3.05) is 13.2 Å². The van der Waals surface area contributed by atoms with Crippen LogP contribution in [0.3, 0.4) is 0 Å². The first-order valence-electron chi connectivity index (χ1n) is 8.67. The van der Waals surface area contributed by atoms with E-state index in [1.54, 1.807) is 6.20 Å². The lowest BCUT2D eigenvalue weighted by Crippen LogP contribution is -2.52. The number of hydrogen-bond acceptors (Lipinski definition) is 3. The Kier molecular flexibility index (Phi) is 5.34. The van der Waals surface area contributed by atoms with Crippen molar-refractivity contribution in [3.63, 3.8) is 0 Å². The van der Waals surface area contributed by atoms with Crippen LogP contribution >= 0.6 is 0 Å². The molecule has 1 aromatic carbocycles.